The highest BCUT2D eigenvalue weighted by Gasteiger charge is 2.56. The van der Waals surface area contributed by atoms with Crippen molar-refractivity contribution in [3.8, 4) is 0 Å². The minimum atomic E-state index is -0.754. The molecule has 4 aromatic rings. The van der Waals surface area contributed by atoms with Gasteiger partial charge in [0.25, 0.3) is 0 Å². The number of aromatic nitrogens is 2. The number of rotatable bonds is 5. The molecule has 6 rings (SSSR count). The Morgan fingerprint density at radius 3 is 2.46 bits per heavy atom. The lowest BCUT2D eigenvalue weighted by Gasteiger charge is -2.30. The molecule has 39 heavy (non-hydrogen) atoms. The lowest BCUT2D eigenvalue weighted by Crippen LogP contribution is -2.33. The van der Waals surface area contributed by atoms with Gasteiger partial charge in [0.15, 0.2) is 0 Å². The Balaban J connectivity index is 1.39. The lowest BCUT2D eigenvalue weighted by molar-refractivity contribution is -0.122. The molecular weight excluding hydrogens is 556 g/mol. The number of hydrogen-bond acceptors (Lipinski definition) is 7. The molecule has 0 aliphatic carbocycles. The van der Waals surface area contributed by atoms with Crippen molar-refractivity contribution < 1.29 is 14.4 Å². The predicted molar refractivity (Wildman–Crippen MR) is 152 cm³/mol. The number of fused-ring (bicyclic) bond motifs is 2. The largest absolute Gasteiger partial charge is 0.325 e. The maximum absolute atomic E-state index is 13.8. The summed E-state index contributed by atoms with van der Waals surface area (Å²) in [6, 6.07) is 17.5. The van der Waals surface area contributed by atoms with Crippen LogP contribution < -0.4 is 15.1 Å². The molecule has 1 fully saturated rings. The predicted octanol–water partition coefficient (Wildman–Crippen LogP) is 4.70. The van der Waals surface area contributed by atoms with Gasteiger partial charge in [-0.1, -0.05) is 58.5 Å². The van der Waals surface area contributed by atoms with Crippen molar-refractivity contribution in [1.29, 1.82) is 0 Å². The molecule has 0 saturated carbocycles. The van der Waals surface area contributed by atoms with Crippen LogP contribution in [0.4, 0.5) is 11.4 Å². The molecule has 196 valence electrons. The summed E-state index contributed by atoms with van der Waals surface area (Å²) < 4.78 is 1.39. The number of anilines is 2. The molecule has 3 unspecified atom stereocenters. The van der Waals surface area contributed by atoms with Crippen molar-refractivity contribution in [3.05, 3.63) is 104 Å². The van der Waals surface area contributed by atoms with Crippen molar-refractivity contribution in [3.63, 3.8) is 0 Å². The highest BCUT2D eigenvalue weighted by molar-refractivity contribution is 8.00. The Hall–Kier alpha value is -3.73. The quantitative estimate of drug-likeness (QED) is 0.346. The fraction of sp³-hybridized carbons (Fsp3) is 0.179. The number of carbonyl (C=O) groups is 3. The number of hydrogen-bond donors (Lipinski definition) is 1. The molecule has 1 saturated heterocycles. The summed E-state index contributed by atoms with van der Waals surface area (Å²) in [7, 11) is 0. The molecule has 0 radical (unpaired) electrons. The first-order chi connectivity index (χ1) is 18.8. The van der Waals surface area contributed by atoms with E-state index >= 15 is 0 Å². The van der Waals surface area contributed by atoms with Gasteiger partial charge in [-0.2, -0.15) is 0 Å². The Bertz CT molecular complexity index is 1650. The molecule has 2 aromatic heterocycles. The summed E-state index contributed by atoms with van der Waals surface area (Å²) in [6.45, 7) is 1.70. The van der Waals surface area contributed by atoms with Crippen LogP contribution in [0.3, 0.4) is 0 Å². The van der Waals surface area contributed by atoms with Crippen LogP contribution in [-0.2, 0) is 20.9 Å². The average Bonchev–Trinajstić information content (AvgIpc) is 3.37. The number of thioether (sulfide) groups is 1. The first kappa shape index (κ1) is 25.5. The van der Waals surface area contributed by atoms with E-state index in [0.29, 0.717) is 26.3 Å². The molecule has 0 bridgehead atoms. The van der Waals surface area contributed by atoms with Gasteiger partial charge in [0.1, 0.15) is 11.8 Å². The van der Waals surface area contributed by atoms with E-state index in [1.165, 1.54) is 21.2 Å². The number of nitrogens with one attached hydrogen (secondary N) is 1. The van der Waals surface area contributed by atoms with Crippen LogP contribution in [0, 0.1) is 12.8 Å². The molecule has 8 nitrogen and oxygen atoms in total. The summed E-state index contributed by atoms with van der Waals surface area (Å²) in [4.78, 5) is 59.5. The van der Waals surface area contributed by atoms with Crippen molar-refractivity contribution in [1.82, 2.24) is 9.55 Å². The number of thiazole rings is 1. The minimum absolute atomic E-state index is 0.235. The van der Waals surface area contributed by atoms with Crippen LogP contribution in [0.1, 0.15) is 21.9 Å². The van der Waals surface area contributed by atoms with Crippen LogP contribution >= 0.6 is 34.7 Å². The SMILES string of the molecule is Cc1ccc(N2C(=O)C3Sc4c(sc(=O)n4CC(=O)Nc4ccc(Cl)cc4)C(c4cccnc4)C3C2=O)cc1. The standard InChI is InChI=1S/C28H21ClN4O4S2/c1-15-4-10-19(11-5-15)33-25(35)22-21(16-3-2-12-30-13-16)24-27(38-23(22)26(33)36)32(28(37)39-24)14-20(34)31-18-8-6-17(29)7-9-18/h2-13,21-23H,14H2,1H3,(H,31,34). The Labute approximate surface area is 236 Å². The topological polar surface area (TPSA) is 101 Å². The van der Waals surface area contributed by atoms with Gasteiger partial charge >= 0.3 is 4.87 Å². The van der Waals surface area contributed by atoms with Crippen LogP contribution in [0.25, 0.3) is 0 Å². The zero-order chi connectivity index (χ0) is 27.3. The number of imide groups is 1. The van der Waals surface area contributed by atoms with Crippen LogP contribution in [-0.4, -0.2) is 32.5 Å². The maximum atomic E-state index is 13.8. The third-order valence-electron chi connectivity index (χ3n) is 6.81. The fourth-order valence-electron chi connectivity index (χ4n) is 5.00. The van der Waals surface area contributed by atoms with E-state index in [-0.39, 0.29) is 23.2 Å². The van der Waals surface area contributed by atoms with E-state index in [2.05, 4.69) is 10.3 Å². The number of pyridine rings is 1. The number of aryl methyl sites for hydroxylation is 1. The monoisotopic (exact) mass is 576 g/mol. The Morgan fingerprint density at radius 2 is 1.77 bits per heavy atom. The summed E-state index contributed by atoms with van der Waals surface area (Å²) >= 11 is 8.11. The number of amides is 3. The number of benzene rings is 2. The molecule has 3 atom stereocenters. The lowest BCUT2D eigenvalue weighted by atomic mass is 9.84. The summed E-state index contributed by atoms with van der Waals surface area (Å²) in [6.07, 6.45) is 3.30. The van der Waals surface area contributed by atoms with Gasteiger partial charge in [0.05, 0.1) is 16.6 Å². The van der Waals surface area contributed by atoms with Crippen molar-refractivity contribution in [2.24, 2.45) is 5.92 Å². The number of halogens is 1. The second-order valence-corrected chi connectivity index (χ2v) is 11.9. The van der Waals surface area contributed by atoms with Gasteiger partial charge in [-0.3, -0.25) is 28.7 Å². The van der Waals surface area contributed by atoms with Gasteiger partial charge in [-0.05, 0) is 55.0 Å². The molecule has 11 heteroatoms. The van der Waals surface area contributed by atoms with E-state index in [9.17, 15) is 19.2 Å². The first-order valence-electron chi connectivity index (χ1n) is 12.1. The van der Waals surface area contributed by atoms with Gasteiger partial charge < -0.3 is 5.32 Å². The highest BCUT2D eigenvalue weighted by Crippen LogP contribution is 2.53. The van der Waals surface area contributed by atoms with Crippen molar-refractivity contribution in [2.45, 2.75) is 29.7 Å². The molecular formula is C28H21ClN4O4S2. The summed E-state index contributed by atoms with van der Waals surface area (Å²) in [5, 5.41) is 3.09. The van der Waals surface area contributed by atoms with Gasteiger partial charge in [0, 0.05) is 33.9 Å². The third-order valence-corrected chi connectivity index (χ3v) is 9.67. The van der Waals surface area contributed by atoms with E-state index in [0.717, 1.165) is 22.5 Å². The summed E-state index contributed by atoms with van der Waals surface area (Å²) in [5.74, 6) is -2.31. The smallest absolute Gasteiger partial charge is 0.308 e. The molecule has 2 aliphatic rings. The van der Waals surface area contributed by atoms with E-state index in [1.807, 2.05) is 25.1 Å². The van der Waals surface area contributed by atoms with E-state index < -0.39 is 23.0 Å². The second kappa shape index (κ2) is 10.1. The normalized spacial score (nSPS) is 20.1. The minimum Gasteiger partial charge on any atom is -0.325 e. The summed E-state index contributed by atoms with van der Waals surface area (Å²) in [5.41, 5.74) is 2.81. The molecule has 2 aromatic carbocycles. The zero-order valence-electron chi connectivity index (χ0n) is 20.5. The van der Waals surface area contributed by atoms with Crippen molar-refractivity contribution in [2.75, 3.05) is 10.2 Å². The molecule has 3 amide bonds. The van der Waals surface area contributed by atoms with Gasteiger partial charge in [-0.25, -0.2) is 4.90 Å². The highest BCUT2D eigenvalue weighted by atomic mass is 35.5. The third kappa shape index (κ3) is 4.58. The second-order valence-electron chi connectivity index (χ2n) is 9.35. The number of carbonyl (C=O) groups excluding carboxylic acids is 3. The van der Waals surface area contributed by atoms with E-state index in [4.69, 9.17) is 11.6 Å². The van der Waals surface area contributed by atoms with Crippen LogP contribution in [0.2, 0.25) is 5.02 Å². The van der Waals surface area contributed by atoms with Crippen LogP contribution in [0.5, 0.6) is 0 Å². The van der Waals surface area contributed by atoms with Gasteiger partial charge in [0.2, 0.25) is 17.7 Å². The number of nitrogens with zero attached hydrogens (tertiary/aromatic N) is 3. The maximum Gasteiger partial charge on any atom is 0.308 e. The average molecular weight is 577 g/mol. The first-order valence-corrected chi connectivity index (χ1v) is 14.2. The zero-order valence-corrected chi connectivity index (χ0v) is 22.9. The Kier molecular flexibility index (Phi) is 6.62. The van der Waals surface area contributed by atoms with Gasteiger partial charge in [-0.15, -0.1) is 0 Å². The Morgan fingerprint density at radius 1 is 1.03 bits per heavy atom. The molecule has 1 N–H and O–H groups in total. The fourth-order valence-corrected chi connectivity index (χ4v) is 7.90. The molecule has 0 spiro atoms. The van der Waals surface area contributed by atoms with Crippen molar-refractivity contribution >= 4 is 63.8 Å². The molecule has 4 heterocycles. The molecule has 2 aliphatic heterocycles. The van der Waals surface area contributed by atoms with E-state index in [1.54, 1.807) is 54.9 Å². The van der Waals surface area contributed by atoms with Crippen LogP contribution in [0.15, 0.2) is 82.9 Å².